The molecule has 0 amide bonds. The molecule has 0 heterocycles. The molecular weight excluding hydrogens is 144 g/mol. The lowest BCUT2D eigenvalue weighted by atomic mass is 10.4. The van der Waals surface area contributed by atoms with E-state index in [0.29, 0.717) is 0 Å². The van der Waals surface area contributed by atoms with Crippen molar-refractivity contribution in [1.29, 1.82) is 0 Å². The summed E-state index contributed by atoms with van der Waals surface area (Å²) in [6.45, 7) is 0. The van der Waals surface area contributed by atoms with Gasteiger partial charge in [-0.25, -0.2) is 0 Å². The highest BCUT2D eigenvalue weighted by Crippen LogP contribution is 2.27. The molecule has 0 aliphatic carbocycles. The molecule has 2 heteroatoms. The van der Waals surface area contributed by atoms with Crippen LogP contribution in [0.1, 0.15) is 0 Å². The van der Waals surface area contributed by atoms with Gasteiger partial charge in [0.2, 0.25) is 0 Å². The van der Waals surface area contributed by atoms with E-state index < -0.39 is 10.9 Å². The van der Waals surface area contributed by atoms with Crippen molar-refractivity contribution in [3.8, 4) is 0 Å². The minimum absolute atomic E-state index is 0.554. The summed E-state index contributed by atoms with van der Waals surface area (Å²) in [4.78, 5) is 11.5. The predicted octanol–water partition coefficient (Wildman–Crippen LogP) is 1.87. The zero-order valence-electron chi connectivity index (χ0n) is 5.82. The van der Waals surface area contributed by atoms with Gasteiger partial charge in [-0.15, -0.1) is 0 Å². The Hall–Kier alpha value is -0.760. The monoisotopic (exact) mass is 154 g/mol. The molecule has 0 spiro atoms. The summed E-state index contributed by atoms with van der Waals surface area (Å²) in [7, 11) is -0.554. The van der Waals surface area contributed by atoms with Gasteiger partial charge in [0.15, 0.2) is 5.62 Å². The number of benzene rings is 1. The topological polar surface area (TPSA) is 17.1 Å². The summed E-state index contributed by atoms with van der Waals surface area (Å²) in [5.41, 5.74) is 1.02. The Kier molecular flexibility index (Phi) is 2.51. The summed E-state index contributed by atoms with van der Waals surface area (Å²) in [5.74, 6) is 0. The van der Waals surface area contributed by atoms with Gasteiger partial charge in [0.1, 0.15) is 0 Å². The van der Waals surface area contributed by atoms with Crippen LogP contribution in [0.5, 0.6) is 0 Å². The van der Waals surface area contributed by atoms with Crippen LogP contribution in [-0.2, 0) is 4.79 Å². The van der Waals surface area contributed by atoms with Gasteiger partial charge < -0.3 is 0 Å². The average molecular weight is 154 g/mol. The molecule has 1 atom stereocenters. The van der Waals surface area contributed by atoms with E-state index in [0.717, 1.165) is 10.5 Å². The van der Waals surface area contributed by atoms with Crippen LogP contribution < -0.4 is 0 Å². The Morgan fingerprint density at radius 3 is 2.40 bits per heavy atom. The summed E-state index contributed by atoms with van der Waals surface area (Å²) in [6, 6.07) is 9.84. The van der Waals surface area contributed by atoms with Crippen molar-refractivity contribution < 1.29 is 4.79 Å². The molecule has 1 aromatic rings. The van der Waals surface area contributed by atoms with E-state index in [2.05, 4.69) is 0 Å². The first-order valence-corrected chi connectivity index (χ1v) is 4.93. The van der Waals surface area contributed by atoms with Crippen molar-refractivity contribution in [2.45, 2.75) is 4.90 Å². The molecule has 0 bridgehead atoms. The minimum atomic E-state index is -0.554. The quantitative estimate of drug-likeness (QED) is 0.508. The zero-order chi connectivity index (χ0) is 7.40. The summed E-state index contributed by atoms with van der Waals surface area (Å²) in [6.07, 6.45) is 1.96. The highest BCUT2D eigenvalue weighted by molar-refractivity contribution is 8.27. The highest BCUT2D eigenvalue weighted by atomic mass is 32.2. The summed E-state index contributed by atoms with van der Waals surface area (Å²) in [5, 5.41) is 0. The normalized spacial score (nSPS) is 14.3. The van der Waals surface area contributed by atoms with Gasteiger partial charge in [0, 0.05) is 0 Å². The number of hydrogen-bond acceptors (Lipinski definition) is 1. The first-order chi connectivity index (χ1) is 4.84. The fraction of sp³-hybridized carbons (Fsp3) is 0.125. The molecule has 0 fully saturated rings. The molecule has 0 aromatic heterocycles. The number of carbonyl (C=O) groups is 1. The zero-order valence-corrected chi connectivity index (χ0v) is 6.71. The Labute approximate surface area is 63.4 Å². The molecule has 0 aliphatic rings. The van der Waals surface area contributed by atoms with Crippen LogP contribution in [0.4, 0.5) is 0 Å². The summed E-state index contributed by atoms with van der Waals surface area (Å²) >= 11 is 0. The molecule has 1 aromatic carbocycles. The van der Waals surface area contributed by atoms with Crippen LogP contribution in [0.15, 0.2) is 35.2 Å². The molecular formula is C8H10OS. The van der Waals surface area contributed by atoms with E-state index in [9.17, 15) is 4.79 Å². The van der Waals surface area contributed by atoms with Crippen molar-refractivity contribution in [1.82, 2.24) is 0 Å². The van der Waals surface area contributed by atoms with Crippen molar-refractivity contribution in [2.75, 3.05) is 6.26 Å². The van der Waals surface area contributed by atoms with E-state index in [1.54, 1.807) is 0 Å². The van der Waals surface area contributed by atoms with Crippen molar-refractivity contribution in [3.05, 3.63) is 30.3 Å². The first-order valence-electron chi connectivity index (χ1n) is 3.08. The number of rotatable bonds is 2. The Morgan fingerprint density at radius 2 is 1.90 bits per heavy atom. The molecule has 1 rings (SSSR count). The van der Waals surface area contributed by atoms with Gasteiger partial charge in [-0.2, -0.15) is 10.9 Å². The van der Waals surface area contributed by atoms with Crippen LogP contribution in [0.3, 0.4) is 0 Å². The smallest absolute Gasteiger partial charge is 0.160 e. The van der Waals surface area contributed by atoms with Gasteiger partial charge >= 0.3 is 0 Å². The van der Waals surface area contributed by atoms with Crippen molar-refractivity contribution in [3.63, 3.8) is 0 Å². The van der Waals surface area contributed by atoms with E-state index >= 15 is 0 Å². The average Bonchev–Trinajstić information content (AvgIpc) is 2.05. The molecule has 0 saturated carbocycles. The second kappa shape index (κ2) is 3.42. The maximum Gasteiger partial charge on any atom is 0.160 e. The molecule has 0 saturated heterocycles. The lowest BCUT2D eigenvalue weighted by molar-refractivity contribution is 0.569. The van der Waals surface area contributed by atoms with Gasteiger partial charge in [-0.1, -0.05) is 18.2 Å². The standard InChI is InChI=1S/C8H10OS/c1-10(7-9)8-5-3-2-4-6-8/h2-7,10H,1H3. The number of thiol groups is 1. The molecule has 0 N–H and O–H groups in total. The minimum Gasteiger partial charge on any atom is -0.293 e. The molecule has 10 heavy (non-hydrogen) atoms. The van der Waals surface area contributed by atoms with Gasteiger partial charge in [-0.3, -0.25) is 4.79 Å². The Morgan fingerprint density at radius 1 is 1.30 bits per heavy atom. The Bertz CT molecular complexity index is 208. The third-order valence-corrected chi connectivity index (χ3v) is 2.75. The van der Waals surface area contributed by atoms with Crippen LogP contribution in [0.2, 0.25) is 0 Å². The first kappa shape index (κ1) is 7.35. The maximum absolute atomic E-state index is 10.3. The summed E-state index contributed by atoms with van der Waals surface area (Å²) < 4.78 is 0. The third-order valence-electron chi connectivity index (χ3n) is 1.32. The second-order valence-corrected chi connectivity index (χ2v) is 4.00. The fourth-order valence-electron chi connectivity index (χ4n) is 0.724. The number of carbonyl (C=O) groups excluding carboxylic acids is 1. The lowest BCUT2D eigenvalue weighted by Crippen LogP contribution is -1.78. The van der Waals surface area contributed by atoms with Gasteiger partial charge in [0.25, 0.3) is 0 Å². The maximum atomic E-state index is 10.3. The second-order valence-electron chi connectivity index (χ2n) is 2.05. The molecule has 1 unspecified atom stereocenters. The largest absolute Gasteiger partial charge is 0.293 e. The van der Waals surface area contributed by atoms with Crippen molar-refractivity contribution >= 4 is 16.5 Å². The van der Waals surface area contributed by atoms with Crippen LogP contribution >= 0.6 is 10.9 Å². The predicted molar refractivity (Wildman–Crippen MR) is 46.4 cm³/mol. The SMILES string of the molecule is C[SH](C=O)c1ccccc1. The van der Waals surface area contributed by atoms with E-state index in [-0.39, 0.29) is 0 Å². The number of hydrogen-bond donors (Lipinski definition) is 1. The molecule has 1 nitrogen and oxygen atoms in total. The van der Waals surface area contributed by atoms with E-state index in [4.69, 9.17) is 0 Å². The molecule has 54 valence electrons. The Balaban J connectivity index is 2.84. The van der Waals surface area contributed by atoms with Crippen LogP contribution in [0, 0.1) is 0 Å². The van der Waals surface area contributed by atoms with Crippen LogP contribution in [-0.4, -0.2) is 11.9 Å². The molecule has 0 radical (unpaired) electrons. The highest BCUT2D eigenvalue weighted by Gasteiger charge is 1.94. The molecule has 0 aliphatic heterocycles. The van der Waals surface area contributed by atoms with Gasteiger partial charge in [0.05, 0.1) is 0 Å². The van der Waals surface area contributed by atoms with Crippen molar-refractivity contribution in [2.24, 2.45) is 0 Å². The van der Waals surface area contributed by atoms with Crippen LogP contribution in [0.25, 0.3) is 0 Å². The van der Waals surface area contributed by atoms with Gasteiger partial charge in [-0.05, 0) is 23.3 Å². The van der Waals surface area contributed by atoms with E-state index in [1.165, 1.54) is 0 Å². The lowest BCUT2D eigenvalue weighted by Gasteiger charge is -2.05. The fourth-order valence-corrected chi connectivity index (χ4v) is 1.49. The third kappa shape index (κ3) is 1.61. The van der Waals surface area contributed by atoms with E-state index in [1.807, 2.05) is 36.6 Å².